The number of halogens is 1. The number of aromatic nitrogens is 1. The Balaban J connectivity index is 0.00000576. The average Bonchev–Trinajstić information content (AvgIpc) is 2.85. The number of nitrogens with one attached hydrogen (secondary N) is 2. The number of amides is 1. The van der Waals surface area contributed by atoms with Gasteiger partial charge in [-0.1, -0.05) is 0 Å². The van der Waals surface area contributed by atoms with Crippen molar-refractivity contribution in [1.82, 2.24) is 20.1 Å². The summed E-state index contributed by atoms with van der Waals surface area (Å²) in [5.74, 6) is 0.810. The molecule has 1 heterocycles. The summed E-state index contributed by atoms with van der Waals surface area (Å²) < 4.78 is 7.28. The number of carbonyl (C=O) groups excluding carboxylic acids is 1. The molecule has 0 bridgehead atoms. The molecule has 0 atom stereocenters. The summed E-state index contributed by atoms with van der Waals surface area (Å²) in [6.45, 7) is 10.0. The Morgan fingerprint density at radius 2 is 2.04 bits per heavy atom. The van der Waals surface area contributed by atoms with Gasteiger partial charge >= 0.3 is 6.09 Å². The zero-order valence-electron chi connectivity index (χ0n) is 16.1. The molecule has 0 aliphatic heterocycles. The fourth-order valence-electron chi connectivity index (χ4n) is 2.08. The Morgan fingerprint density at radius 3 is 2.56 bits per heavy atom. The second-order valence-corrected chi connectivity index (χ2v) is 6.63. The number of guanidine groups is 1. The molecular formula is C17H32IN5O2. The lowest BCUT2D eigenvalue weighted by atomic mass is 10.2. The van der Waals surface area contributed by atoms with Crippen LogP contribution in [0.1, 0.15) is 33.4 Å². The lowest BCUT2D eigenvalue weighted by molar-refractivity contribution is 0.0529. The number of nitrogens with zero attached hydrogens (tertiary/aromatic N) is 3. The summed E-state index contributed by atoms with van der Waals surface area (Å²) in [5.41, 5.74) is 0.715. The van der Waals surface area contributed by atoms with Gasteiger partial charge in [0.25, 0.3) is 0 Å². The summed E-state index contributed by atoms with van der Waals surface area (Å²) in [6.07, 6.45) is 1.61. The summed E-state index contributed by atoms with van der Waals surface area (Å²) in [7, 11) is 4.02. The predicted octanol–water partition coefficient (Wildman–Crippen LogP) is 2.57. The molecule has 0 saturated carbocycles. The second-order valence-electron chi connectivity index (χ2n) is 6.63. The molecule has 1 amide bonds. The van der Waals surface area contributed by atoms with Crippen molar-refractivity contribution in [2.45, 2.75) is 39.8 Å². The fraction of sp³-hybridized carbons (Fsp3) is 0.647. The zero-order chi connectivity index (χ0) is 18.2. The van der Waals surface area contributed by atoms with Gasteiger partial charge in [0.1, 0.15) is 5.60 Å². The minimum absolute atomic E-state index is 0. The average molecular weight is 465 g/mol. The molecule has 8 heteroatoms. The summed E-state index contributed by atoms with van der Waals surface area (Å²) >= 11 is 0. The maximum absolute atomic E-state index is 11.6. The molecule has 0 radical (unpaired) electrons. The van der Waals surface area contributed by atoms with Crippen molar-refractivity contribution in [3.63, 3.8) is 0 Å². The molecule has 0 unspecified atom stereocenters. The SMILES string of the molecule is CCNC(=NCCNC(=O)OC(C)(C)C)N(C)Cc1cccn1C.I. The van der Waals surface area contributed by atoms with Crippen LogP contribution in [0.5, 0.6) is 0 Å². The third-order valence-corrected chi connectivity index (χ3v) is 3.19. The van der Waals surface area contributed by atoms with E-state index < -0.39 is 11.7 Å². The number of ether oxygens (including phenoxy) is 1. The first-order valence-electron chi connectivity index (χ1n) is 8.29. The van der Waals surface area contributed by atoms with Gasteiger partial charge in [0.05, 0.1) is 13.1 Å². The highest BCUT2D eigenvalue weighted by atomic mass is 127. The van der Waals surface area contributed by atoms with Crippen LogP contribution in [0.3, 0.4) is 0 Å². The van der Waals surface area contributed by atoms with E-state index in [-0.39, 0.29) is 24.0 Å². The molecule has 1 aromatic heterocycles. The molecule has 0 fully saturated rings. The van der Waals surface area contributed by atoms with Gasteiger partial charge in [-0.05, 0) is 39.8 Å². The number of carbonyl (C=O) groups is 1. The van der Waals surface area contributed by atoms with Gasteiger partial charge in [0, 0.05) is 39.1 Å². The van der Waals surface area contributed by atoms with Crippen LogP contribution in [0, 0.1) is 0 Å². The third kappa shape index (κ3) is 9.57. The van der Waals surface area contributed by atoms with Crippen LogP contribution >= 0.6 is 24.0 Å². The standard InChI is InChI=1S/C17H31N5O2.HI/c1-7-18-15(22(6)13-14-9-8-12-21(14)5)19-10-11-20-16(23)24-17(2,3)4;/h8-9,12H,7,10-11,13H2,1-6H3,(H,18,19)(H,20,23);1H. The van der Waals surface area contributed by atoms with Gasteiger partial charge in [-0.25, -0.2) is 4.79 Å². The molecule has 7 nitrogen and oxygen atoms in total. The molecule has 2 N–H and O–H groups in total. The number of aryl methyl sites for hydroxylation is 1. The topological polar surface area (TPSA) is 70.9 Å². The van der Waals surface area contributed by atoms with E-state index in [1.165, 1.54) is 5.69 Å². The Morgan fingerprint density at radius 1 is 1.36 bits per heavy atom. The molecule has 25 heavy (non-hydrogen) atoms. The monoisotopic (exact) mass is 465 g/mol. The first kappa shape index (κ1) is 23.5. The van der Waals surface area contributed by atoms with E-state index in [1.807, 2.05) is 54.1 Å². The second kappa shape index (κ2) is 11.2. The van der Waals surface area contributed by atoms with Crippen LogP contribution in [0.25, 0.3) is 0 Å². The van der Waals surface area contributed by atoms with Crippen molar-refractivity contribution in [2.24, 2.45) is 12.0 Å². The van der Waals surface area contributed by atoms with Crippen LogP contribution < -0.4 is 10.6 Å². The fourth-order valence-corrected chi connectivity index (χ4v) is 2.08. The maximum Gasteiger partial charge on any atom is 0.407 e. The Kier molecular flexibility index (Phi) is 10.6. The molecule has 0 aliphatic rings. The first-order valence-corrected chi connectivity index (χ1v) is 8.29. The van der Waals surface area contributed by atoms with Gasteiger partial charge in [-0.3, -0.25) is 4.99 Å². The molecule has 1 rings (SSSR count). The minimum atomic E-state index is -0.489. The zero-order valence-corrected chi connectivity index (χ0v) is 18.5. The third-order valence-electron chi connectivity index (χ3n) is 3.19. The highest BCUT2D eigenvalue weighted by Gasteiger charge is 2.15. The maximum atomic E-state index is 11.6. The molecule has 0 saturated heterocycles. The van der Waals surface area contributed by atoms with Crippen molar-refractivity contribution in [2.75, 3.05) is 26.7 Å². The van der Waals surface area contributed by atoms with Crippen LogP contribution in [-0.2, 0) is 18.3 Å². The molecule has 144 valence electrons. The first-order chi connectivity index (χ1) is 11.2. The van der Waals surface area contributed by atoms with Crippen LogP contribution in [0.4, 0.5) is 4.79 Å². The summed E-state index contributed by atoms with van der Waals surface area (Å²) in [5, 5.41) is 5.97. The van der Waals surface area contributed by atoms with Crippen molar-refractivity contribution in [3.05, 3.63) is 24.0 Å². The molecule has 0 spiro atoms. The van der Waals surface area contributed by atoms with E-state index in [4.69, 9.17) is 4.74 Å². The number of hydrogen-bond acceptors (Lipinski definition) is 3. The van der Waals surface area contributed by atoms with Crippen LogP contribution in [-0.4, -0.2) is 53.8 Å². The van der Waals surface area contributed by atoms with E-state index in [2.05, 4.69) is 31.2 Å². The van der Waals surface area contributed by atoms with E-state index in [0.29, 0.717) is 13.1 Å². The smallest absolute Gasteiger partial charge is 0.407 e. The molecule has 1 aromatic rings. The predicted molar refractivity (Wildman–Crippen MR) is 113 cm³/mol. The minimum Gasteiger partial charge on any atom is -0.444 e. The number of alkyl carbamates (subject to hydrolysis) is 1. The quantitative estimate of drug-likeness (QED) is 0.293. The van der Waals surface area contributed by atoms with Gasteiger partial charge in [0.2, 0.25) is 0 Å². The van der Waals surface area contributed by atoms with Crippen molar-refractivity contribution < 1.29 is 9.53 Å². The van der Waals surface area contributed by atoms with Gasteiger partial charge in [0.15, 0.2) is 5.96 Å². The Labute approximate surface area is 168 Å². The Bertz CT molecular complexity index is 551. The normalized spacial score (nSPS) is 11.5. The van der Waals surface area contributed by atoms with Crippen molar-refractivity contribution in [3.8, 4) is 0 Å². The van der Waals surface area contributed by atoms with E-state index in [9.17, 15) is 4.79 Å². The van der Waals surface area contributed by atoms with Gasteiger partial charge in [-0.2, -0.15) is 0 Å². The number of aliphatic imine (C=N–C) groups is 1. The number of rotatable bonds is 6. The number of hydrogen-bond donors (Lipinski definition) is 2. The van der Waals surface area contributed by atoms with E-state index >= 15 is 0 Å². The van der Waals surface area contributed by atoms with Gasteiger partial charge in [-0.15, -0.1) is 24.0 Å². The molecular weight excluding hydrogens is 433 g/mol. The van der Waals surface area contributed by atoms with Crippen molar-refractivity contribution in [1.29, 1.82) is 0 Å². The summed E-state index contributed by atoms with van der Waals surface area (Å²) in [6, 6.07) is 4.11. The highest BCUT2D eigenvalue weighted by molar-refractivity contribution is 14.0. The lowest BCUT2D eigenvalue weighted by Crippen LogP contribution is -2.39. The summed E-state index contributed by atoms with van der Waals surface area (Å²) in [4.78, 5) is 18.2. The lowest BCUT2D eigenvalue weighted by Gasteiger charge is -2.22. The van der Waals surface area contributed by atoms with Gasteiger partial charge < -0.3 is 24.8 Å². The molecule has 0 aromatic carbocycles. The van der Waals surface area contributed by atoms with E-state index in [1.54, 1.807) is 0 Å². The van der Waals surface area contributed by atoms with Crippen molar-refractivity contribution >= 4 is 36.0 Å². The molecule has 0 aliphatic carbocycles. The van der Waals surface area contributed by atoms with Crippen LogP contribution in [0.15, 0.2) is 23.3 Å². The largest absolute Gasteiger partial charge is 0.444 e. The van der Waals surface area contributed by atoms with E-state index in [0.717, 1.165) is 19.0 Å². The van der Waals surface area contributed by atoms with Crippen LogP contribution in [0.2, 0.25) is 0 Å². The highest BCUT2D eigenvalue weighted by Crippen LogP contribution is 2.06. The Hall–Kier alpha value is -1.45.